The Morgan fingerprint density at radius 1 is 0.750 bits per heavy atom. The number of nitrogens with zero attached hydrogens (tertiary/aromatic N) is 2. The second-order valence-electron chi connectivity index (χ2n) is 3.97. The monoisotopic (exact) mass is 230 g/mol. The summed E-state index contributed by atoms with van der Waals surface area (Å²) >= 11 is 0. The summed E-state index contributed by atoms with van der Waals surface area (Å²) in [6.45, 7) is 12.8. The van der Waals surface area contributed by atoms with E-state index in [-0.39, 0.29) is 0 Å². The molecule has 0 aliphatic carbocycles. The molecular formula is C12H30N4. The Hall–Kier alpha value is -0.160. The van der Waals surface area contributed by atoms with Gasteiger partial charge in [-0.05, 0) is 39.0 Å². The Bertz CT molecular complexity index is 117. The van der Waals surface area contributed by atoms with E-state index in [0.29, 0.717) is 0 Å². The van der Waals surface area contributed by atoms with Crippen LogP contribution in [-0.2, 0) is 0 Å². The molecule has 4 nitrogen and oxygen atoms in total. The Labute approximate surface area is 101 Å². The molecule has 0 spiro atoms. The van der Waals surface area contributed by atoms with Gasteiger partial charge in [0, 0.05) is 26.2 Å². The minimum Gasteiger partial charge on any atom is -0.330 e. The van der Waals surface area contributed by atoms with Crippen molar-refractivity contribution < 1.29 is 0 Å². The lowest BCUT2D eigenvalue weighted by Crippen LogP contribution is -2.47. The van der Waals surface area contributed by atoms with Gasteiger partial charge in [-0.1, -0.05) is 13.8 Å². The molecule has 0 amide bonds. The summed E-state index contributed by atoms with van der Waals surface area (Å²) in [6.07, 6.45) is 2.26. The summed E-state index contributed by atoms with van der Waals surface area (Å²) < 4.78 is 0. The molecule has 1 saturated heterocycles. The van der Waals surface area contributed by atoms with E-state index >= 15 is 0 Å². The highest BCUT2D eigenvalue weighted by atomic mass is 15.3. The van der Waals surface area contributed by atoms with Gasteiger partial charge in [0.15, 0.2) is 0 Å². The largest absolute Gasteiger partial charge is 0.330 e. The molecule has 4 N–H and O–H groups in total. The smallest absolute Gasteiger partial charge is 0.0110 e. The van der Waals surface area contributed by atoms with Crippen LogP contribution in [0.15, 0.2) is 0 Å². The maximum atomic E-state index is 5.49. The van der Waals surface area contributed by atoms with Crippen LogP contribution < -0.4 is 11.5 Å². The first-order chi connectivity index (χ1) is 7.86. The molecule has 0 aromatic carbocycles. The van der Waals surface area contributed by atoms with Gasteiger partial charge in [0.1, 0.15) is 0 Å². The molecule has 1 aliphatic rings. The molecule has 16 heavy (non-hydrogen) atoms. The van der Waals surface area contributed by atoms with Crippen molar-refractivity contribution in [3.63, 3.8) is 0 Å². The third-order valence-electron chi connectivity index (χ3n) is 2.82. The molecule has 1 heterocycles. The summed E-state index contributed by atoms with van der Waals surface area (Å²) in [5.41, 5.74) is 11.0. The predicted molar refractivity (Wildman–Crippen MR) is 71.6 cm³/mol. The van der Waals surface area contributed by atoms with E-state index in [2.05, 4.69) is 9.80 Å². The van der Waals surface area contributed by atoms with Crippen molar-refractivity contribution in [2.24, 2.45) is 11.5 Å². The van der Waals surface area contributed by atoms with Gasteiger partial charge in [-0.3, -0.25) is 0 Å². The molecule has 0 unspecified atom stereocenters. The van der Waals surface area contributed by atoms with Gasteiger partial charge in [-0.25, -0.2) is 0 Å². The molecule has 0 aromatic heterocycles. The first-order valence-corrected chi connectivity index (χ1v) is 6.71. The summed E-state index contributed by atoms with van der Waals surface area (Å²) in [5.74, 6) is 0. The van der Waals surface area contributed by atoms with Gasteiger partial charge < -0.3 is 21.3 Å². The molecule has 0 bridgehead atoms. The second kappa shape index (κ2) is 11.3. The Morgan fingerprint density at radius 3 is 1.31 bits per heavy atom. The summed E-state index contributed by atoms with van der Waals surface area (Å²) in [5, 5.41) is 0. The zero-order valence-corrected chi connectivity index (χ0v) is 11.1. The third kappa shape index (κ3) is 7.17. The molecule has 0 atom stereocenters. The highest BCUT2D eigenvalue weighted by Gasteiger charge is 2.15. The summed E-state index contributed by atoms with van der Waals surface area (Å²) in [7, 11) is 0. The lowest BCUT2D eigenvalue weighted by atomic mass is 10.2. The van der Waals surface area contributed by atoms with Crippen LogP contribution >= 0.6 is 0 Å². The second-order valence-corrected chi connectivity index (χ2v) is 3.97. The van der Waals surface area contributed by atoms with Crippen LogP contribution in [0.2, 0.25) is 0 Å². The van der Waals surface area contributed by atoms with E-state index in [0.717, 1.165) is 25.9 Å². The lowest BCUT2D eigenvalue weighted by molar-refractivity contribution is 0.131. The highest BCUT2D eigenvalue weighted by molar-refractivity contribution is 4.71. The van der Waals surface area contributed by atoms with E-state index in [1.807, 2.05) is 13.8 Å². The maximum Gasteiger partial charge on any atom is 0.0110 e. The van der Waals surface area contributed by atoms with E-state index in [9.17, 15) is 0 Å². The van der Waals surface area contributed by atoms with Gasteiger partial charge >= 0.3 is 0 Å². The standard InChI is InChI=1S/C10H24N4.C2H6/c11-3-1-5-13-7-9-14(10-8-13)6-2-4-12;1-2/h1-12H2;1-2H3. The van der Waals surface area contributed by atoms with E-state index in [1.54, 1.807) is 0 Å². The van der Waals surface area contributed by atoms with Crippen molar-refractivity contribution in [2.75, 3.05) is 52.4 Å². The van der Waals surface area contributed by atoms with Crippen molar-refractivity contribution in [1.82, 2.24) is 9.80 Å². The van der Waals surface area contributed by atoms with Gasteiger partial charge in [0.05, 0.1) is 0 Å². The average Bonchev–Trinajstić information content (AvgIpc) is 2.37. The summed E-state index contributed by atoms with van der Waals surface area (Å²) in [6, 6.07) is 0. The van der Waals surface area contributed by atoms with E-state index in [4.69, 9.17) is 11.5 Å². The van der Waals surface area contributed by atoms with Crippen LogP contribution in [-0.4, -0.2) is 62.2 Å². The Morgan fingerprint density at radius 2 is 1.06 bits per heavy atom. The Balaban J connectivity index is 0.00000106. The molecule has 98 valence electrons. The maximum absolute atomic E-state index is 5.49. The molecule has 0 aromatic rings. The van der Waals surface area contributed by atoms with Crippen LogP contribution in [0.25, 0.3) is 0 Å². The minimum absolute atomic E-state index is 0.813. The van der Waals surface area contributed by atoms with Crippen LogP contribution in [0.5, 0.6) is 0 Å². The molecular weight excluding hydrogens is 200 g/mol. The average molecular weight is 230 g/mol. The van der Waals surface area contributed by atoms with Gasteiger partial charge in [0.25, 0.3) is 0 Å². The van der Waals surface area contributed by atoms with E-state index < -0.39 is 0 Å². The van der Waals surface area contributed by atoms with Crippen molar-refractivity contribution in [2.45, 2.75) is 26.7 Å². The molecule has 0 saturated carbocycles. The van der Waals surface area contributed by atoms with Crippen molar-refractivity contribution in [3.8, 4) is 0 Å². The quantitative estimate of drug-likeness (QED) is 0.690. The number of nitrogens with two attached hydrogens (primary N) is 2. The van der Waals surface area contributed by atoms with E-state index in [1.165, 1.54) is 39.3 Å². The molecule has 1 rings (SSSR count). The zero-order chi connectivity index (χ0) is 12.2. The van der Waals surface area contributed by atoms with Crippen molar-refractivity contribution in [3.05, 3.63) is 0 Å². The van der Waals surface area contributed by atoms with Crippen LogP contribution in [0.4, 0.5) is 0 Å². The number of rotatable bonds is 6. The topological polar surface area (TPSA) is 58.5 Å². The van der Waals surface area contributed by atoms with Crippen molar-refractivity contribution in [1.29, 1.82) is 0 Å². The fourth-order valence-electron chi connectivity index (χ4n) is 1.87. The minimum atomic E-state index is 0.813. The number of piperazine rings is 1. The van der Waals surface area contributed by atoms with Crippen molar-refractivity contribution >= 4 is 0 Å². The SMILES string of the molecule is CC.NCCCN1CCN(CCCN)CC1. The number of hydrogen-bond donors (Lipinski definition) is 2. The Kier molecular flexibility index (Phi) is 11.2. The zero-order valence-electron chi connectivity index (χ0n) is 11.1. The molecule has 1 fully saturated rings. The third-order valence-corrected chi connectivity index (χ3v) is 2.82. The summed E-state index contributed by atoms with van der Waals surface area (Å²) in [4.78, 5) is 5.01. The van der Waals surface area contributed by atoms with Crippen LogP contribution in [0, 0.1) is 0 Å². The lowest BCUT2D eigenvalue weighted by Gasteiger charge is -2.34. The first-order valence-electron chi connectivity index (χ1n) is 6.71. The van der Waals surface area contributed by atoms with Crippen LogP contribution in [0.3, 0.4) is 0 Å². The fourth-order valence-corrected chi connectivity index (χ4v) is 1.87. The first kappa shape index (κ1) is 15.8. The molecule has 0 radical (unpaired) electrons. The van der Waals surface area contributed by atoms with Gasteiger partial charge in [0.2, 0.25) is 0 Å². The number of hydrogen-bond acceptors (Lipinski definition) is 4. The van der Waals surface area contributed by atoms with Gasteiger partial charge in [-0.15, -0.1) is 0 Å². The fraction of sp³-hybridized carbons (Fsp3) is 1.00. The predicted octanol–water partition coefficient (Wildman–Crippen LogP) is 0.328. The van der Waals surface area contributed by atoms with Gasteiger partial charge in [-0.2, -0.15) is 0 Å². The molecule has 4 heteroatoms. The molecule has 1 aliphatic heterocycles. The normalized spacial score (nSPS) is 18.0. The highest BCUT2D eigenvalue weighted by Crippen LogP contribution is 2.02. The van der Waals surface area contributed by atoms with Crippen LogP contribution in [0.1, 0.15) is 26.7 Å².